The molecule has 0 bridgehead atoms. The van der Waals surface area contributed by atoms with Crippen LogP contribution in [0.5, 0.6) is 11.5 Å². The van der Waals surface area contributed by atoms with Crippen molar-refractivity contribution in [1.82, 2.24) is 4.90 Å². The topological polar surface area (TPSA) is 67.9 Å². The van der Waals surface area contributed by atoms with Crippen LogP contribution in [0, 0.1) is 0 Å². The number of carbonyl (C=O) groups excluding carboxylic acids is 2. The molecule has 1 atom stereocenters. The average Bonchev–Trinajstić information content (AvgIpc) is 3.32. The van der Waals surface area contributed by atoms with Crippen LogP contribution in [0.3, 0.4) is 0 Å². The van der Waals surface area contributed by atoms with E-state index in [2.05, 4.69) is 5.32 Å². The monoisotopic (exact) mass is 400 g/mol. The molecule has 0 spiro atoms. The number of nitrogens with one attached hydrogen (secondary N) is 1. The van der Waals surface area contributed by atoms with Crippen LogP contribution in [0.4, 0.5) is 5.69 Å². The summed E-state index contributed by atoms with van der Waals surface area (Å²) in [6.07, 6.45) is -0.346. The zero-order valence-electron chi connectivity index (χ0n) is 16.4. The lowest BCUT2D eigenvalue weighted by Gasteiger charge is -2.27. The van der Waals surface area contributed by atoms with Crippen LogP contribution in [-0.4, -0.2) is 23.4 Å². The Morgan fingerprint density at radius 3 is 2.73 bits per heavy atom. The lowest BCUT2D eigenvalue weighted by atomic mass is 10.1. The lowest BCUT2D eigenvalue weighted by molar-refractivity contribution is 0.0728. The first-order valence-corrected chi connectivity index (χ1v) is 9.76. The van der Waals surface area contributed by atoms with Crippen molar-refractivity contribution >= 4 is 17.4 Å². The van der Waals surface area contributed by atoms with Crippen LogP contribution in [0.25, 0.3) is 0 Å². The van der Waals surface area contributed by atoms with Crippen LogP contribution in [-0.2, 0) is 6.54 Å². The summed E-state index contributed by atoms with van der Waals surface area (Å²) in [6.45, 7) is 2.16. The summed E-state index contributed by atoms with van der Waals surface area (Å²) < 4.78 is 10.9. The number of fused-ring (bicyclic) bond motifs is 2. The van der Waals surface area contributed by atoms with E-state index in [1.807, 2.05) is 60.7 Å². The summed E-state index contributed by atoms with van der Waals surface area (Å²) in [4.78, 5) is 26.8. The number of Topliss-reactive ketones (excluding diaryl/α,β-unsaturated/α-hetero) is 1. The molecule has 0 saturated carbocycles. The standard InChI is InChI=1S/C24H20N2O4/c1-15(27)17-5-4-6-18(12-17)25-23-19-7-2-3-8-20(19)24(28)26(23)13-16-9-10-21-22(11-16)30-14-29-21/h2-12,23,25H,13-14H2,1H3/t23-/m1/s1. The highest BCUT2D eigenvalue weighted by Gasteiger charge is 2.36. The van der Waals surface area contributed by atoms with Crippen molar-refractivity contribution < 1.29 is 19.1 Å². The van der Waals surface area contributed by atoms with Crippen LogP contribution in [0.1, 0.15) is 44.9 Å². The van der Waals surface area contributed by atoms with Crippen molar-refractivity contribution in [2.24, 2.45) is 0 Å². The zero-order chi connectivity index (χ0) is 20.7. The van der Waals surface area contributed by atoms with Crippen LogP contribution >= 0.6 is 0 Å². The molecule has 0 aromatic heterocycles. The normalized spacial score (nSPS) is 16.5. The van der Waals surface area contributed by atoms with E-state index in [0.29, 0.717) is 29.2 Å². The highest BCUT2D eigenvalue weighted by atomic mass is 16.7. The minimum Gasteiger partial charge on any atom is -0.454 e. The van der Waals surface area contributed by atoms with E-state index < -0.39 is 0 Å². The van der Waals surface area contributed by atoms with Gasteiger partial charge in [0.15, 0.2) is 17.3 Å². The van der Waals surface area contributed by atoms with Crippen molar-refractivity contribution in [2.45, 2.75) is 19.6 Å². The van der Waals surface area contributed by atoms with E-state index in [1.165, 1.54) is 0 Å². The molecule has 1 amide bonds. The molecule has 150 valence electrons. The maximum atomic E-state index is 13.2. The first-order valence-electron chi connectivity index (χ1n) is 9.76. The van der Waals surface area contributed by atoms with Gasteiger partial charge in [-0.2, -0.15) is 0 Å². The van der Waals surface area contributed by atoms with Crippen molar-refractivity contribution in [3.63, 3.8) is 0 Å². The van der Waals surface area contributed by atoms with Crippen molar-refractivity contribution in [1.29, 1.82) is 0 Å². The maximum Gasteiger partial charge on any atom is 0.256 e. The summed E-state index contributed by atoms with van der Waals surface area (Å²) in [5.41, 5.74) is 3.95. The van der Waals surface area contributed by atoms with Gasteiger partial charge in [-0.25, -0.2) is 0 Å². The summed E-state index contributed by atoms with van der Waals surface area (Å²) in [5.74, 6) is 1.36. The molecule has 30 heavy (non-hydrogen) atoms. The molecule has 0 aliphatic carbocycles. The summed E-state index contributed by atoms with van der Waals surface area (Å²) in [7, 11) is 0. The zero-order valence-corrected chi connectivity index (χ0v) is 16.4. The number of benzene rings is 3. The molecule has 3 aromatic rings. The number of nitrogens with zero attached hydrogens (tertiary/aromatic N) is 1. The fourth-order valence-electron chi connectivity index (χ4n) is 3.91. The fraction of sp³-hybridized carbons (Fsp3) is 0.167. The Labute approximate surface area is 174 Å². The van der Waals surface area contributed by atoms with Crippen LogP contribution in [0.15, 0.2) is 66.7 Å². The predicted molar refractivity (Wildman–Crippen MR) is 112 cm³/mol. The maximum absolute atomic E-state index is 13.2. The number of carbonyl (C=O) groups is 2. The lowest BCUT2D eigenvalue weighted by Crippen LogP contribution is -2.31. The third kappa shape index (κ3) is 3.16. The number of hydrogen-bond donors (Lipinski definition) is 1. The predicted octanol–water partition coefficient (Wildman–Crippen LogP) is 4.38. The molecule has 2 aliphatic rings. The van der Waals surface area contributed by atoms with Crippen LogP contribution in [0.2, 0.25) is 0 Å². The Morgan fingerprint density at radius 2 is 1.87 bits per heavy atom. The molecule has 5 rings (SSSR count). The molecule has 0 radical (unpaired) electrons. The van der Waals surface area contributed by atoms with Gasteiger partial charge < -0.3 is 19.7 Å². The number of ketones is 1. The Morgan fingerprint density at radius 1 is 1.03 bits per heavy atom. The largest absolute Gasteiger partial charge is 0.454 e. The third-order valence-corrected chi connectivity index (χ3v) is 5.42. The second-order valence-corrected chi connectivity index (χ2v) is 7.39. The molecule has 6 nitrogen and oxygen atoms in total. The van der Waals surface area contributed by atoms with Gasteiger partial charge in [0.2, 0.25) is 6.79 Å². The molecule has 2 aliphatic heterocycles. The molecular weight excluding hydrogens is 380 g/mol. The first kappa shape index (κ1) is 18.2. The molecule has 1 N–H and O–H groups in total. The van der Waals surface area contributed by atoms with E-state index in [9.17, 15) is 9.59 Å². The molecule has 0 fully saturated rings. The highest BCUT2D eigenvalue weighted by Crippen LogP contribution is 2.37. The van der Waals surface area contributed by atoms with Crippen LogP contribution < -0.4 is 14.8 Å². The Bertz CT molecular complexity index is 1160. The fourth-order valence-corrected chi connectivity index (χ4v) is 3.91. The number of ether oxygens (including phenoxy) is 2. The summed E-state index contributed by atoms with van der Waals surface area (Å²) in [6, 6.07) is 20.6. The molecule has 6 heteroatoms. The molecule has 0 unspecified atom stereocenters. The van der Waals surface area contributed by atoms with Crippen molar-refractivity contribution in [3.8, 4) is 11.5 Å². The van der Waals surface area contributed by atoms with Gasteiger partial charge in [-0.15, -0.1) is 0 Å². The van der Waals surface area contributed by atoms with Gasteiger partial charge in [-0.3, -0.25) is 9.59 Å². The van der Waals surface area contributed by atoms with Crippen molar-refractivity contribution in [3.05, 3.63) is 89.0 Å². The number of anilines is 1. The van der Waals surface area contributed by atoms with E-state index >= 15 is 0 Å². The Kier molecular flexibility index (Phi) is 4.39. The molecule has 2 heterocycles. The molecule has 3 aromatic carbocycles. The number of amides is 1. The SMILES string of the molecule is CC(=O)c1cccc(N[C@H]2c3ccccc3C(=O)N2Cc2ccc3c(c2)OCO3)c1. The summed E-state index contributed by atoms with van der Waals surface area (Å²) in [5, 5.41) is 3.44. The Balaban J connectivity index is 1.48. The van der Waals surface area contributed by atoms with E-state index in [4.69, 9.17) is 9.47 Å². The second kappa shape index (κ2) is 7.22. The van der Waals surface area contributed by atoms with E-state index in [-0.39, 0.29) is 24.6 Å². The van der Waals surface area contributed by atoms with Gasteiger partial charge >= 0.3 is 0 Å². The highest BCUT2D eigenvalue weighted by molar-refractivity contribution is 5.99. The number of hydrogen-bond acceptors (Lipinski definition) is 5. The van der Waals surface area contributed by atoms with Gasteiger partial charge in [-0.1, -0.05) is 36.4 Å². The van der Waals surface area contributed by atoms with Gasteiger partial charge in [0.1, 0.15) is 6.17 Å². The third-order valence-electron chi connectivity index (χ3n) is 5.42. The second-order valence-electron chi connectivity index (χ2n) is 7.39. The van der Waals surface area contributed by atoms with Gasteiger partial charge in [-0.05, 0) is 42.8 Å². The van der Waals surface area contributed by atoms with E-state index in [1.54, 1.807) is 17.9 Å². The van der Waals surface area contributed by atoms with Gasteiger partial charge in [0, 0.05) is 28.9 Å². The van der Waals surface area contributed by atoms with Gasteiger partial charge in [0.05, 0.1) is 0 Å². The first-order chi connectivity index (χ1) is 14.6. The average molecular weight is 400 g/mol. The summed E-state index contributed by atoms with van der Waals surface area (Å²) >= 11 is 0. The van der Waals surface area contributed by atoms with E-state index in [0.717, 1.165) is 16.8 Å². The Hall–Kier alpha value is -3.80. The minimum atomic E-state index is -0.346. The van der Waals surface area contributed by atoms with Crippen molar-refractivity contribution in [2.75, 3.05) is 12.1 Å². The quantitative estimate of drug-likeness (QED) is 0.644. The smallest absolute Gasteiger partial charge is 0.256 e. The van der Waals surface area contributed by atoms with Gasteiger partial charge in [0.25, 0.3) is 5.91 Å². The molecule has 0 saturated heterocycles. The number of rotatable bonds is 5. The minimum absolute atomic E-state index is 0.00114. The molecular formula is C24H20N2O4.